The van der Waals surface area contributed by atoms with E-state index in [2.05, 4.69) is 47.6 Å². The average molecular weight is 353 g/mol. The molecule has 0 radical (unpaired) electrons. The molecular formula is C21H36O2S. The minimum absolute atomic E-state index is 0.223. The molecule has 138 valence electrons. The quantitative estimate of drug-likeness (QED) is 0.502. The molecule has 1 rings (SSSR count). The first kappa shape index (κ1) is 21.2. The van der Waals surface area contributed by atoms with Gasteiger partial charge in [0, 0.05) is 16.2 Å². The van der Waals surface area contributed by atoms with E-state index >= 15 is 0 Å². The van der Waals surface area contributed by atoms with Crippen LogP contribution in [0.15, 0.2) is 6.07 Å². The molecule has 0 fully saturated rings. The molecule has 3 heteroatoms. The Bertz CT molecular complexity index is 515. The van der Waals surface area contributed by atoms with Crippen LogP contribution in [-0.4, -0.2) is 11.1 Å². The Morgan fingerprint density at radius 1 is 0.917 bits per heavy atom. The number of thiophene rings is 1. The largest absolute Gasteiger partial charge is 0.481 e. The highest BCUT2D eigenvalue weighted by atomic mass is 32.1. The maximum atomic E-state index is 10.5. The van der Waals surface area contributed by atoms with Gasteiger partial charge in [-0.2, -0.15) is 0 Å². The van der Waals surface area contributed by atoms with E-state index in [0.717, 1.165) is 19.3 Å². The highest BCUT2D eigenvalue weighted by Gasteiger charge is 2.25. The van der Waals surface area contributed by atoms with Gasteiger partial charge in [0.1, 0.15) is 0 Å². The fourth-order valence-corrected chi connectivity index (χ4v) is 4.24. The van der Waals surface area contributed by atoms with Gasteiger partial charge in [0.05, 0.1) is 0 Å². The fourth-order valence-electron chi connectivity index (χ4n) is 2.92. The van der Waals surface area contributed by atoms with Crippen LogP contribution in [0.1, 0.15) is 102 Å². The van der Waals surface area contributed by atoms with E-state index < -0.39 is 5.97 Å². The summed E-state index contributed by atoms with van der Waals surface area (Å²) in [5, 5.41) is 8.63. The number of carboxylic acids is 1. The number of hydrogen-bond acceptors (Lipinski definition) is 2. The number of rotatable bonds is 9. The van der Waals surface area contributed by atoms with E-state index in [-0.39, 0.29) is 10.8 Å². The summed E-state index contributed by atoms with van der Waals surface area (Å²) in [4.78, 5) is 13.5. The van der Waals surface area contributed by atoms with Gasteiger partial charge in [-0.25, -0.2) is 0 Å². The predicted molar refractivity (Wildman–Crippen MR) is 105 cm³/mol. The van der Waals surface area contributed by atoms with Crippen LogP contribution >= 0.6 is 11.3 Å². The number of aryl methyl sites for hydroxylation is 1. The molecule has 0 aromatic carbocycles. The van der Waals surface area contributed by atoms with Crippen molar-refractivity contribution >= 4 is 17.3 Å². The zero-order valence-electron chi connectivity index (χ0n) is 16.5. The van der Waals surface area contributed by atoms with Crippen molar-refractivity contribution in [2.75, 3.05) is 0 Å². The number of aliphatic carboxylic acids is 1. The Hall–Kier alpha value is -0.830. The number of unbranched alkanes of at least 4 members (excludes halogenated alkanes) is 5. The lowest BCUT2D eigenvalue weighted by Gasteiger charge is -2.19. The Balaban J connectivity index is 2.47. The second kappa shape index (κ2) is 9.03. The van der Waals surface area contributed by atoms with Crippen LogP contribution in [-0.2, 0) is 22.0 Å². The second-order valence-corrected chi connectivity index (χ2v) is 10.0. The van der Waals surface area contributed by atoms with Gasteiger partial charge in [0.2, 0.25) is 0 Å². The van der Waals surface area contributed by atoms with Gasteiger partial charge in [-0.15, -0.1) is 11.3 Å². The Kier molecular flexibility index (Phi) is 7.98. The van der Waals surface area contributed by atoms with E-state index in [0.29, 0.717) is 6.42 Å². The number of carbonyl (C=O) groups is 1. The van der Waals surface area contributed by atoms with E-state index in [1.807, 2.05) is 11.3 Å². The van der Waals surface area contributed by atoms with Gasteiger partial charge in [-0.1, -0.05) is 67.2 Å². The van der Waals surface area contributed by atoms with Gasteiger partial charge >= 0.3 is 5.97 Å². The predicted octanol–water partition coefficient (Wildman–Crippen LogP) is 6.70. The maximum absolute atomic E-state index is 10.5. The highest BCUT2D eigenvalue weighted by molar-refractivity contribution is 7.12. The zero-order valence-corrected chi connectivity index (χ0v) is 17.3. The van der Waals surface area contributed by atoms with Gasteiger partial charge in [0.25, 0.3) is 0 Å². The van der Waals surface area contributed by atoms with Crippen molar-refractivity contribution in [3.63, 3.8) is 0 Å². The summed E-state index contributed by atoms with van der Waals surface area (Å²) in [6.07, 6.45) is 8.24. The second-order valence-electron chi connectivity index (χ2n) is 8.98. The van der Waals surface area contributed by atoms with E-state index in [1.165, 1.54) is 30.6 Å². The van der Waals surface area contributed by atoms with Gasteiger partial charge in [-0.3, -0.25) is 4.79 Å². The average Bonchev–Trinajstić information content (AvgIpc) is 2.85. The van der Waals surface area contributed by atoms with E-state index in [1.54, 1.807) is 10.4 Å². The van der Waals surface area contributed by atoms with Crippen LogP contribution in [0.25, 0.3) is 0 Å². The fraction of sp³-hybridized carbons (Fsp3) is 0.762. The van der Waals surface area contributed by atoms with Crippen LogP contribution in [0.2, 0.25) is 0 Å². The van der Waals surface area contributed by atoms with Crippen LogP contribution in [0.5, 0.6) is 0 Å². The lowest BCUT2D eigenvalue weighted by molar-refractivity contribution is -0.137. The summed E-state index contributed by atoms with van der Waals surface area (Å²) < 4.78 is 0. The summed E-state index contributed by atoms with van der Waals surface area (Å²) in [7, 11) is 0. The highest BCUT2D eigenvalue weighted by Crippen LogP contribution is 2.39. The molecule has 1 heterocycles. The SMILES string of the molecule is CC(C)(C)c1cc(CCCCCCCCC(=O)O)c(C(C)(C)C)s1. The molecule has 0 aliphatic rings. The number of carboxylic acid groups (broad SMARTS) is 1. The summed E-state index contributed by atoms with van der Waals surface area (Å²) in [6.45, 7) is 13.8. The third kappa shape index (κ3) is 7.38. The molecule has 0 amide bonds. The summed E-state index contributed by atoms with van der Waals surface area (Å²) in [6, 6.07) is 2.44. The van der Waals surface area contributed by atoms with Crippen molar-refractivity contribution in [1.29, 1.82) is 0 Å². The first-order valence-electron chi connectivity index (χ1n) is 9.37. The molecule has 2 nitrogen and oxygen atoms in total. The molecule has 0 aliphatic carbocycles. The molecule has 0 aliphatic heterocycles. The summed E-state index contributed by atoms with van der Waals surface area (Å²) in [5.41, 5.74) is 2.00. The molecule has 0 saturated heterocycles. The third-order valence-corrected chi connectivity index (χ3v) is 6.34. The minimum atomic E-state index is -0.670. The third-order valence-electron chi connectivity index (χ3n) is 4.32. The van der Waals surface area contributed by atoms with Crippen molar-refractivity contribution < 1.29 is 9.90 Å². The smallest absolute Gasteiger partial charge is 0.303 e. The Labute approximate surface area is 152 Å². The first-order chi connectivity index (χ1) is 11.0. The molecule has 0 atom stereocenters. The van der Waals surface area contributed by atoms with Crippen molar-refractivity contribution in [3.05, 3.63) is 21.4 Å². The van der Waals surface area contributed by atoms with Gasteiger partial charge < -0.3 is 5.11 Å². The van der Waals surface area contributed by atoms with Crippen molar-refractivity contribution in [1.82, 2.24) is 0 Å². The number of hydrogen-bond donors (Lipinski definition) is 1. The van der Waals surface area contributed by atoms with Crippen LogP contribution < -0.4 is 0 Å². The lowest BCUT2D eigenvalue weighted by Crippen LogP contribution is -2.11. The lowest BCUT2D eigenvalue weighted by atomic mass is 9.88. The van der Waals surface area contributed by atoms with Crippen molar-refractivity contribution in [2.24, 2.45) is 0 Å². The first-order valence-corrected chi connectivity index (χ1v) is 10.2. The van der Waals surface area contributed by atoms with Crippen LogP contribution in [0.3, 0.4) is 0 Å². The van der Waals surface area contributed by atoms with E-state index in [9.17, 15) is 4.79 Å². The van der Waals surface area contributed by atoms with Crippen LogP contribution in [0, 0.1) is 0 Å². The van der Waals surface area contributed by atoms with Crippen molar-refractivity contribution in [2.45, 2.75) is 104 Å². The summed E-state index contributed by atoms with van der Waals surface area (Å²) >= 11 is 2.00. The molecule has 0 saturated carbocycles. The maximum Gasteiger partial charge on any atom is 0.303 e. The van der Waals surface area contributed by atoms with Crippen molar-refractivity contribution in [3.8, 4) is 0 Å². The summed E-state index contributed by atoms with van der Waals surface area (Å²) in [5.74, 6) is -0.670. The molecule has 1 N–H and O–H groups in total. The zero-order chi connectivity index (χ0) is 18.4. The molecular weight excluding hydrogens is 316 g/mol. The van der Waals surface area contributed by atoms with Gasteiger partial charge in [0.15, 0.2) is 0 Å². The molecule has 0 unspecified atom stereocenters. The Morgan fingerprint density at radius 3 is 1.96 bits per heavy atom. The standard InChI is InChI=1S/C21H36O2S/c1-20(2,3)17-15-16(19(24-17)21(4,5)6)13-11-9-7-8-10-12-14-18(22)23/h15H,7-14H2,1-6H3,(H,22,23). The molecule has 1 aromatic rings. The van der Waals surface area contributed by atoms with Gasteiger partial charge in [-0.05, 0) is 41.7 Å². The normalized spacial score (nSPS) is 12.6. The van der Waals surface area contributed by atoms with E-state index in [4.69, 9.17) is 5.11 Å². The topological polar surface area (TPSA) is 37.3 Å². The monoisotopic (exact) mass is 352 g/mol. The molecule has 1 aromatic heterocycles. The molecule has 0 spiro atoms. The minimum Gasteiger partial charge on any atom is -0.481 e. The van der Waals surface area contributed by atoms with Crippen LogP contribution in [0.4, 0.5) is 0 Å². The molecule has 0 bridgehead atoms. The Morgan fingerprint density at radius 2 is 1.46 bits per heavy atom. The molecule has 24 heavy (non-hydrogen) atoms.